The summed E-state index contributed by atoms with van der Waals surface area (Å²) in [6.07, 6.45) is 0. The molecule has 0 saturated carbocycles. The molecule has 110 valence electrons. The molecular formula is C15H22N2O2S. The van der Waals surface area contributed by atoms with E-state index < -0.39 is 0 Å². The molecule has 0 fully saturated rings. The van der Waals surface area contributed by atoms with Gasteiger partial charge in [0.1, 0.15) is 4.99 Å². The van der Waals surface area contributed by atoms with E-state index in [1.165, 1.54) is 0 Å². The zero-order valence-corrected chi connectivity index (χ0v) is 13.1. The van der Waals surface area contributed by atoms with Gasteiger partial charge in [-0.05, 0) is 18.1 Å². The second kappa shape index (κ2) is 7.97. The van der Waals surface area contributed by atoms with Crippen LogP contribution in [0, 0.1) is 5.92 Å². The summed E-state index contributed by atoms with van der Waals surface area (Å²) < 4.78 is 5.06. The van der Waals surface area contributed by atoms with Gasteiger partial charge in [0.15, 0.2) is 0 Å². The molecule has 0 radical (unpaired) electrons. The first-order chi connectivity index (χ1) is 9.45. The van der Waals surface area contributed by atoms with Gasteiger partial charge in [0.05, 0.1) is 6.61 Å². The van der Waals surface area contributed by atoms with E-state index in [0.717, 1.165) is 5.56 Å². The fourth-order valence-corrected chi connectivity index (χ4v) is 2.01. The summed E-state index contributed by atoms with van der Waals surface area (Å²) in [5, 5.41) is 0. The lowest BCUT2D eigenvalue weighted by Gasteiger charge is -2.24. The predicted octanol–water partition coefficient (Wildman–Crippen LogP) is 2.07. The van der Waals surface area contributed by atoms with Gasteiger partial charge in [0.2, 0.25) is 0 Å². The predicted molar refractivity (Wildman–Crippen MR) is 84.9 cm³/mol. The smallest absolute Gasteiger partial charge is 0.253 e. The lowest BCUT2D eigenvalue weighted by Crippen LogP contribution is -2.36. The zero-order valence-electron chi connectivity index (χ0n) is 12.3. The molecule has 4 nitrogen and oxygen atoms in total. The number of ether oxygens (including phenoxy) is 1. The van der Waals surface area contributed by atoms with Crippen LogP contribution in [-0.2, 0) is 4.74 Å². The monoisotopic (exact) mass is 294 g/mol. The number of methoxy groups -OCH3 is 1. The van der Waals surface area contributed by atoms with Gasteiger partial charge < -0.3 is 15.4 Å². The number of carbonyl (C=O) groups excluding carboxylic acids is 1. The maximum Gasteiger partial charge on any atom is 0.253 e. The average Bonchev–Trinajstić information content (AvgIpc) is 2.42. The minimum Gasteiger partial charge on any atom is -0.389 e. The molecule has 0 aliphatic rings. The molecule has 0 spiro atoms. The van der Waals surface area contributed by atoms with Crippen molar-refractivity contribution in [3.63, 3.8) is 0 Å². The van der Waals surface area contributed by atoms with Crippen molar-refractivity contribution in [1.82, 2.24) is 4.90 Å². The fourth-order valence-electron chi connectivity index (χ4n) is 1.88. The highest BCUT2D eigenvalue weighted by Crippen LogP contribution is 2.10. The third-order valence-electron chi connectivity index (χ3n) is 2.85. The maximum atomic E-state index is 12.5. The van der Waals surface area contributed by atoms with Crippen LogP contribution in [0.4, 0.5) is 0 Å². The van der Waals surface area contributed by atoms with Gasteiger partial charge in [0.25, 0.3) is 5.91 Å². The van der Waals surface area contributed by atoms with Gasteiger partial charge in [-0.1, -0.05) is 38.2 Å². The summed E-state index contributed by atoms with van der Waals surface area (Å²) in [7, 11) is 1.63. The van der Waals surface area contributed by atoms with Crippen LogP contribution in [-0.4, -0.2) is 42.6 Å². The highest BCUT2D eigenvalue weighted by atomic mass is 32.1. The SMILES string of the molecule is COCCN(CC(C)C)C(=O)c1ccc(C(N)=S)cc1. The minimum absolute atomic E-state index is 0.00485. The van der Waals surface area contributed by atoms with Gasteiger partial charge in [-0.2, -0.15) is 0 Å². The standard InChI is InChI=1S/C15H22N2O2S/c1-11(2)10-17(8-9-19-3)15(18)13-6-4-12(5-7-13)14(16)20/h4-7,11H,8-10H2,1-3H3,(H2,16,20). The van der Waals surface area contributed by atoms with Gasteiger partial charge in [-0.15, -0.1) is 0 Å². The Morgan fingerprint density at radius 3 is 2.30 bits per heavy atom. The summed E-state index contributed by atoms with van der Waals surface area (Å²) in [6, 6.07) is 7.08. The third kappa shape index (κ3) is 4.90. The highest BCUT2D eigenvalue weighted by Gasteiger charge is 2.16. The van der Waals surface area contributed by atoms with E-state index >= 15 is 0 Å². The van der Waals surface area contributed by atoms with Crippen LogP contribution < -0.4 is 5.73 Å². The van der Waals surface area contributed by atoms with Crippen molar-refractivity contribution in [2.75, 3.05) is 26.8 Å². The molecule has 2 N–H and O–H groups in total. The Labute approximate surface area is 125 Å². The van der Waals surface area contributed by atoms with E-state index in [1.807, 2.05) is 4.90 Å². The summed E-state index contributed by atoms with van der Waals surface area (Å²) in [5.74, 6) is 0.414. The van der Waals surface area contributed by atoms with Crippen LogP contribution in [0.1, 0.15) is 29.8 Å². The molecule has 5 heteroatoms. The number of nitrogens with two attached hydrogens (primary N) is 1. The molecule has 0 atom stereocenters. The first kappa shape index (κ1) is 16.6. The summed E-state index contributed by atoms with van der Waals surface area (Å²) in [6.45, 7) is 6.00. The molecular weight excluding hydrogens is 272 g/mol. The molecule has 0 saturated heterocycles. The number of benzene rings is 1. The van der Waals surface area contributed by atoms with E-state index in [9.17, 15) is 4.79 Å². The molecule has 1 amide bonds. The number of hydrogen-bond acceptors (Lipinski definition) is 3. The normalized spacial score (nSPS) is 10.6. The number of rotatable bonds is 7. The van der Waals surface area contributed by atoms with E-state index in [4.69, 9.17) is 22.7 Å². The molecule has 0 aliphatic carbocycles. The number of amides is 1. The van der Waals surface area contributed by atoms with Crippen molar-refractivity contribution in [1.29, 1.82) is 0 Å². The Balaban J connectivity index is 2.84. The van der Waals surface area contributed by atoms with Gasteiger partial charge >= 0.3 is 0 Å². The Hall–Kier alpha value is -1.46. The van der Waals surface area contributed by atoms with Crippen LogP contribution >= 0.6 is 12.2 Å². The van der Waals surface area contributed by atoms with E-state index in [-0.39, 0.29) is 5.91 Å². The van der Waals surface area contributed by atoms with Crippen molar-refractivity contribution >= 4 is 23.1 Å². The van der Waals surface area contributed by atoms with Crippen LogP contribution in [0.15, 0.2) is 24.3 Å². The molecule has 0 aromatic heterocycles. The van der Waals surface area contributed by atoms with E-state index in [1.54, 1.807) is 31.4 Å². The maximum absolute atomic E-state index is 12.5. The Bertz CT molecular complexity index is 457. The van der Waals surface area contributed by atoms with Crippen LogP contribution in [0.3, 0.4) is 0 Å². The Kier molecular flexibility index (Phi) is 6.61. The van der Waals surface area contributed by atoms with Crippen LogP contribution in [0.5, 0.6) is 0 Å². The van der Waals surface area contributed by atoms with Gasteiger partial charge in [0, 0.05) is 31.3 Å². The number of nitrogens with zero attached hydrogens (tertiary/aromatic N) is 1. The van der Waals surface area contributed by atoms with E-state index in [2.05, 4.69) is 13.8 Å². The average molecular weight is 294 g/mol. The second-order valence-corrected chi connectivity index (χ2v) is 5.52. The van der Waals surface area contributed by atoms with Crippen LogP contribution in [0.25, 0.3) is 0 Å². The quantitative estimate of drug-likeness (QED) is 0.782. The first-order valence-corrected chi connectivity index (χ1v) is 7.04. The zero-order chi connectivity index (χ0) is 15.1. The van der Waals surface area contributed by atoms with Crippen molar-refractivity contribution < 1.29 is 9.53 Å². The molecule has 1 rings (SSSR count). The lowest BCUT2D eigenvalue weighted by molar-refractivity contribution is 0.0672. The van der Waals surface area contributed by atoms with E-state index in [0.29, 0.717) is 36.2 Å². The highest BCUT2D eigenvalue weighted by molar-refractivity contribution is 7.80. The molecule has 0 unspecified atom stereocenters. The molecule has 0 bridgehead atoms. The summed E-state index contributed by atoms with van der Waals surface area (Å²) in [4.78, 5) is 14.6. The van der Waals surface area contributed by atoms with Gasteiger partial charge in [-0.25, -0.2) is 0 Å². The molecule has 1 aromatic rings. The largest absolute Gasteiger partial charge is 0.389 e. The second-order valence-electron chi connectivity index (χ2n) is 5.08. The molecule has 1 aromatic carbocycles. The molecule has 20 heavy (non-hydrogen) atoms. The fraction of sp³-hybridized carbons (Fsp3) is 0.467. The number of thiocarbonyl (C=S) groups is 1. The minimum atomic E-state index is 0.00485. The van der Waals surface area contributed by atoms with Crippen molar-refractivity contribution in [2.45, 2.75) is 13.8 Å². The third-order valence-corrected chi connectivity index (χ3v) is 3.09. The van der Waals surface area contributed by atoms with Crippen molar-refractivity contribution in [3.05, 3.63) is 35.4 Å². The van der Waals surface area contributed by atoms with Crippen LogP contribution in [0.2, 0.25) is 0 Å². The summed E-state index contributed by atoms with van der Waals surface area (Å²) >= 11 is 4.90. The lowest BCUT2D eigenvalue weighted by atomic mass is 10.1. The number of carbonyl (C=O) groups is 1. The van der Waals surface area contributed by atoms with Crippen molar-refractivity contribution in [2.24, 2.45) is 11.7 Å². The Morgan fingerprint density at radius 1 is 1.30 bits per heavy atom. The first-order valence-electron chi connectivity index (χ1n) is 6.63. The number of hydrogen-bond donors (Lipinski definition) is 1. The summed E-state index contributed by atoms with van der Waals surface area (Å²) in [5.41, 5.74) is 6.96. The van der Waals surface area contributed by atoms with Gasteiger partial charge in [-0.3, -0.25) is 4.79 Å². The molecule has 0 heterocycles. The van der Waals surface area contributed by atoms with Crippen molar-refractivity contribution in [3.8, 4) is 0 Å². The Morgan fingerprint density at radius 2 is 1.85 bits per heavy atom. The molecule has 0 aliphatic heterocycles. The topological polar surface area (TPSA) is 55.6 Å².